The molecule has 88 valence electrons. The average molecular weight is 243 g/mol. The second kappa shape index (κ2) is 4.84. The molecule has 1 nitrogen and oxygen atoms in total. The predicted molar refractivity (Wildman–Crippen MR) is 75.6 cm³/mol. The molecule has 2 aromatic rings. The molecule has 0 aromatic heterocycles. The highest BCUT2D eigenvalue weighted by atomic mass is 32.2. The highest BCUT2D eigenvalue weighted by Gasteiger charge is 2.05. The van der Waals surface area contributed by atoms with Crippen molar-refractivity contribution >= 4 is 17.4 Å². The molecule has 0 radical (unpaired) electrons. The van der Waals surface area contributed by atoms with Gasteiger partial charge in [-0.1, -0.05) is 41.6 Å². The SMILES string of the molecule is Cc1ccc(Sc2cccc(C)c2N)c(C)c1. The molecule has 0 heterocycles. The van der Waals surface area contributed by atoms with Crippen molar-refractivity contribution in [2.45, 2.75) is 30.6 Å². The zero-order valence-corrected chi connectivity index (χ0v) is 11.3. The Morgan fingerprint density at radius 1 is 0.882 bits per heavy atom. The quantitative estimate of drug-likeness (QED) is 0.794. The molecule has 17 heavy (non-hydrogen) atoms. The van der Waals surface area contributed by atoms with Crippen LogP contribution in [-0.4, -0.2) is 0 Å². The number of aryl methyl sites for hydroxylation is 3. The Balaban J connectivity index is 2.35. The van der Waals surface area contributed by atoms with Gasteiger partial charge in [0.15, 0.2) is 0 Å². The summed E-state index contributed by atoms with van der Waals surface area (Å²) in [6, 6.07) is 12.7. The van der Waals surface area contributed by atoms with E-state index >= 15 is 0 Å². The van der Waals surface area contributed by atoms with Crippen molar-refractivity contribution in [2.24, 2.45) is 0 Å². The van der Waals surface area contributed by atoms with Crippen LogP contribution in [0.2, 0.25) is 0 Å². The van der Waals surface area contributed by atoms with Crippen molar-refractivity contribution in [1.29, 1.82) is 0 Å². The zero-order chi connectivity index (χ0) is 12.4. The van der Waals surface area contributed by atoms with Crippen LogP contribution in [0.4, 0.5) is 5.69 Å². The molecule has 2 rings (SSSR count). The van der Waals surface area contributed by atoms with E-state index in [1.165, 1.54) is 16.0 Å². The van der Waals surface area contributed by atoms with E-state index in [4.69, 9.17) is 5.73 Å². The molecule has 2 heteroatoms. The third-order valence-corrected chi connectivity index (χ3v) is 4.09. The van der Waals surface area contributed by atoms with Gasteiger partial charge in [0.05, 0.1) is 0 Å². The molecule has 0 saturated carbocycles. The van der Waals surface area contributed by atoms with Gasteiger partial charge in [-0.25, -0.2) is 0 Å². The first-order valence-corrected chi connectivity index (χ1v) is 6.50. The first kappa shape index (κ1) is 12.1. The molecule has 2 aromatic carbocycles. The number of para-hydroxylation sites is 1. The number of anilines is 1. The first-order valence-electron chi connectivity index (χ1n) is 5.68. The van der Waals surface area contributed by atoms with Crippen molar-refractivity contribution in [3.05, 3.63) is 53.1 Å². The molecular formula is C15H17NS. The largest absolute Gasteiger partial charge is 0.398 e. The van der Waals surface area contributed by atoms with Gasteiger partial charge in [-0.3, -0.25) is 0 Å². The monoisotopic (exact) mass is 243 g/mol. The fourth-order valence-electron chi connectivity index (χ4n) is 1.78. The standard InChI is InChI=1S/C15H17NS/c1-10-7-8-13(12(3)9-10)17-14-6-4-5-11(2)15(14)16/h4-9H,16H2,1-3H3. The highest BCUT2D eigenvalue weighted by Crippen LogP contribution is 2.35. The van der Waals surface area contributed by atoms with Crippen LogP contribution in [0.3, 0.4) is 0 Å². The number of nitrogen functional groups attached to an aromatic ring is 1. The Morgan fingerprint density at radius 2 is 1.65 bits per heavy atom. The molecule has 0 atom stereocenters. The molecule has 0 unspecified atom stereocenters. The van der Waals surface area contributed by atoms with Crippen LogP contribution >= 0.6 is 11.8 Å². The Labute approximate surface area is 107 Å². The topological polar surface area (TPSA) is 26.0 Å². The molecule has 2 N–H and O–H groups in total. The maximum absolute atomic E-state index is 6.09. The summed E-state index contributed by atoms with van der Waals surface area (Å²) in [6.45, 7) is 6.30. The van der Waals surface area contributed by atoms with Crippen LogP contribution in [0.25, 0.3) is 0 Å². The lowest BCUT2D eigenvalue weighted by molar-refractivity contribution is 1.25. The summed E-state index contributed by atoms with van der Waals surface area (Å²) in [7, 11) is 0. The fraction of sp³-hybridized carbons (Fsp3) is 0.200. The third kappa shape index (κ3) is 2.64. The number of benzene rings is 2. The lowest BCUT2D eigenvalue weighted by Crippen LogP contribution is -1.92. The van der Waals surface area contributed by atoms with E-state index < -0.39 is 0 Å². The van der Waals surface area contributed by atoms with Gasteiger partial charge in [0, 0.05) is 15.5 Å². The maximum Gasteiger partial charge on any atom is 0.0485 e. The smallest absolute Gasteiger partial charge is 0.0485 e. The zero-order valence-electron chi connectivity index (χ0n) is 10.4. The minimum atomic E-state index is 0.887. The van der Waals surface area contributed by atoms with Gasteiger partial charge in [-0.05, 0) is 44.0 Å². The van der Waals surface area contributed by atoms with E-state index in [1.54, 1.807) is 11.8 Å². The molecule has 0 fully saturated rings. The normalized spacial score (nSPS) is 10.5. The van der Waals surface area contributed by atoms with Crippen LogP contribution < -0.4 is 5.73 Å². The lowest BCUT2D eigenvalue weighted by Gasteiger charge is -2.10. The number of hydrogen-bond donors (Lipinski definition) is 1. The summed E-state index contributed by atoms with van der Waals surface area (Å²) >= 11 is 1.74. The lowest BCUT2D eigenvalue weighted by atomic mass is 10.2. The molecule has 0 saturated heterocycles. The fourth-order valence-corrected chi connectivity index (χ4v) is 2.79. The van der Waals surface area contributed by atoms with Gasteiger partial charge < -0.3 is 5.73 Å². The minimum Gasteiger partial charge on any atom is -0.398 e. The second-order valence-electron chi connectivity index (χ2n) is 4.36. The summed E-state index contributed by atoms with van der Waals surface area (Å²) in [6.07, 6.45) is 0. The molecule has 0 spiro atoms. The third-order valence-electron chi connectivity index (χ3n) is 2.83. The Kier molecular flexibility index (Phi) is 3.43. The molecule has 0 bridgehead atoms. The predicted octanol–water partition coefficient (Wildman–Crippen LogP) is 4.35. The average Bonchev–Trinajstić information content (AvgIpc) is 2.28. The number of nitrogens with two attached hydrogens (primary N) is 1. The summed E-state index contributed by atoms with van der Waals surface area (Å²) in [4.78, 5) is 2.41. The Bertz CT molecular complexity index is 547. The van der Waals surface area contributed by atoms with Crippen LogP contribution in [-0.2, 0) is 0 Å². The van der Waals surface area contributed by atoms with Crippen molar-refractivity contribution in [2.75, 3.05) is 5.73 Å². The van der Waals surface area contributed by atoms with Gasteiger partial charge in [0.1, 0.15) is 0 Å². The van der Waals surface area contributed by atoms with Gasteiger partial charge >= 0.3 is 0 Å². The maximum atomic E-state index is 6.09. The van der Waals surface area contributed by atoms with Gasteiger partial charge in [-0.15, -0.1) is 0 Å². The number of hydrogen-bond acceptors (Lipinski definition) is 2. The Morgan fingerprint density at radius 3 is 2.35 bits per heavy atom. The van der Waals surface area contributed by atoms with E-state index in [2.05, 4.69) is 44.2 Å². The second-order valence-corrected chi connectivity index (χ2v) is 5.44. The highest BCUT2D eigenvalue weighted by molar-refractivity contribution is 7.99. The van der Waals surface area contributed by atoms with Crippen LogP contribution in [0.15, 0.2) is 46.2 Å². The molecular weight excluding hydrogens is 226 g/mol. The Hall–Kier alpha value is -1.41. The first-order chi connectivity index (χ1) is 8.08. The summed E-state index contributed by atoms with van der Waals surface area (Å²) in [5.41, 5.74) is 10.7. The van der Waals surface area contributed by atoms with Crippen LogP contribution in [0.5, 0.6) is 0 Å². The van der Waals surface area contributed by atoms with E-state index in [-0.39, 0.29) is 0 Å². The molecule has 0 aliphatic carbocycles. The molecule has 0 amide bonds. The molecule has 0 aliphatic heterocycles. The minimum absolute atomic E-state index is 0.887. The van der Waals surface area contributed by atoms with Crippen molar-refractivity contribution in [1.82, 2.24) is 0 Å². The van der Waals surface area contributed by atoms with E-state index in [1.807, 2.05) is 13.0 Å². The van der Waals surface area contributed by atoms with Crippen molar-refractivity contribution in [3.63, 3.8) is 0 Å². The van der Waals surface area contributed by atoms with Crippen LogP contribution in [0, 0.1) is 20.8 Å². The van der Waals surface area contributed by atoms with Gasteiger partial charge in [0.2, 0.25) is 0 Å². The van der Waals surface area contributed by atoms with E-state index in [0.29, 0.717) is 0 Å². The van der Waals surface area contributed by atoms with Gasteiger partial charge in [0.25, 0.3) is 0 Å². The summed E-state index contributed by atoms with van der Waals surface area (Å²) < 4.78 is 0. The summed E-state index contributed by atoms with van der Waals surface area (Å²) in [5.74, 6) is 0. The van der Waals surface area contributed by atoms with Crippen molar-refractivity contribution < 1.29 is 0 Å². The van der Waals surface area contributed by atoms with E-state index in [9.17, 15) is 0 Å². The molecule has 0 aliphatic rings. The number of rotatable bonds is 2. The van der Waals surface area contributed by atoms with Crippen LogP contribution in [0.1, 0.15) is 16.7 Å². The van der Waals surface area contributed by atoms with Gasteiger partial charge in [-0.2, -0.15) is 0 Å². The van der Waals surface area contributed by atoms with Crippen molar-refractivity contribution in [3.8, 4) is 0 Å². The van der Waals surface area contributed by atoms with E-state index in [0.717, 1.165) is 16.1 Å². The summed E-state index contributed by atoms with van der Waals surface area (Å²) in [5, 5.41) is 0.